The minimum Gasteiger partial charge on any atom is -0.487 e. The molecule has 1 aromatic carbocycles. The molecule has 0 N–H and O–H groups in total. The van der Waals surface area contributed by atoms with Crippen LogP contribution in [0.25, 0.3) is 11.6 Å². The summed E-state index contributed by atoms with van der Waals surface area (Å²) in [6.07, 6.45) is 4.40. The minimum atomic E-state index is -2.54. The van der Waals surface area contributed by atoms with Crippen molar-refractivity contribution in [3.63, 3.8) is 0 Å². The van der Waals surface area contributed by atoms with Crippen LogP contribution in [-0.2, 0) is 11.3 Å². The van der Waals surface area contributed by atoms with Gasteiger partial charge in [-0.3, -0.25) is 9.48 Å². The van der Waals surface area contributed by atoms with Crippen molar-refractivity contribution in [1.29, 1.82) is 0 Å². The maximum absolute atomic E-state index is 12.5. The first-order valence-corrected chi connectivity index (χ1v) is 9.20. The third kappa shape index (κ3) is 4.30. The molecule has 0 radical (unpaired) electrons. The second kappa shape index (κ2) is 8.39. The lowest BCUT2D eigenvalue weighted by molar-refractivity contribution is -0.113. The van der Waals surface area contributed by atoms with Gasteiger partial charge in [0.15, 0.2) is 5.78 Å². The number of nitrogens with zero attached hydrogens (tertiary/aromatic N) is 2. The maximum Gasteiger partial charge on any atom is 0.272 e. The summed E-state index contributed by atoms with van der Waals surface area (Å²) in [6.45, 7) is 5.26. The van der Waals surface area contributed by atoms with Crippen molar-refractivity contribution in [2.45, 2.75) is 46.6 Å². The average Bonchev–Trinajstić information content (AvgIpc) is 2.97. The number of hydrogen-bond acceptors (Lipinski definition) is 3. The second-order valence-electron chi connectivity index (χ2n) is 6.78. The van der Waals surface area contributed by atoms with E-state index in [2.05, 4.69) is 17.2 Å². The van der Waals surface area contributed by atoms with Gasteiger partial charge in [-0.2, -0.15) is 5.10 Å². The van der Waals surface area contributed by atoms with E-state index in [1.165, 1.54) is 0 Å². The molecule has 4 nitrogen and oxygen atoms in total. The predicted molar refractivity (Wildman–Crippen MR) is 103 cm³/mol. The van der Waals surface area contributed by atoms with Gasteiger partial charge >= 0.3 is 0 Å². The number of aromatic nitrogens is 2. The molecule has 6 heteroatoms. The molecule has 0 unspecified atom stereocenters. The molecule has 0 amide bonds. The molecule has 0 saturated heterocycles. The van der Waals surface area contributed by atoms with Crippen LogP contribution in [0.15, 0.2) is 23.9 Å². The number of Topliss-reactive ketones (excluding diaryl/α,β-unsaturated/α-hetero) is 1. The number of halogens is 2. The van der Waals surface area contributed by atoms with Crippen LogP contribution in [0.3, 0.4) is 0 Å². The van der Waals surface area contributed by atoms with Crippen LogP contribution < -0.4 is 4.74 Å². The van der Waals surface area contributed by atoms with Gasteiger partial charge < -0.3 is 4.74 Å². The number of carbonyl (C=O) groups excluding carboxylic acids is 1. The monoisotopic (exact) mass is 384 g/mol. The zero-order chi connectivity index (χ0) is 20.3. The van der Waals surface area contributed by atoms with Gasteiger partial charge in [0, 0.05) is 34.9 Å². The molecular weight excluding hydrogens is 362 g/mol. The van der Waals surface area contributed by atoms with E-state index in [9.17, 15) is 13.6 Å². The Hall–Kier alpha value is -2.94. The topological polar surface area (TPSA) is 44.1 Å². The van der Waals surface area contributed by atoms with Crippen molar-refractivity contribution >= 4 is 17.4 Å². The molecule has 0 bridgehead atoms. The summed E-state index contributed by atoms with van der Waals surface area (Å²) in [7, 11) is 0. The Bertz CT molecular complexity index is 942. The normalized spacial score (nSPS) is 13.4. The first kappa shape index (κ1) is 19.8. The van der Waals surface area contributed by atoms with Crippen LogP contribution in [0.1, 0.15) is 49.1 Å². The molecule has 28 heavy (non-hydrogen) atoms. The molecule has 146 valence electrons. The van der Waals surface area contributed by atoms with Crippen molar-refractivity contribution in [3.8, 4) is 5.75 Å². The zero-order valence-corrected chi connectivity index (χ0v) is 16.2. The van der Waals surface area contributed by atoms with Crippen molar-refractivity contribution in [3.05, 3.63) is 58.4 Å². The van der Waals surface area contributed by atoms with Gasteiger partial charge in [-0.15, -0.1) is 0 Å². The molecule has 1 heterocycles. The lowest BCUT2D eigenvalue weighted by Gasteiger charge is -2.08. The molecule has 3 rings (SSSR count). The number of carbonyl (C=O) groups is 1. The van der Waals surface area contributed by atoms with Crippen molar-refractivity contribution in [2.75, 3.05) is 6.61 Å². The van der Waals surface area contributed by atoms with Crippen LogP contribution in [0.4, 0.5) is 8.78 Å². The fraction of sp³-hybridized carbons (Fsp3) is 0.364. The summed E-state index contributed by atoms with van der Waals surface area (Å²) in [4.78, 5) is 12.5. The molecule has 2 aromatic rings. The van der Waals surface area contributed by atoms with Crippen molar-refractivity contribution in [2.24, 2.45) is 0 Å². The molecule has 0 atom stereocenters. The summed E-state index contributed by atoms with van der Waals surface area (Å²) in [6, 6.07) is 7.60. The summed E-state index contributed by atoms with van der Waals surface area (Å²) in [5, 5.41) is 4.58. The Morgan fingerprint density at radius 2 is 2.14 bits per heavy atom. The molecule has 0 spiro atoms. The fourth-order valence-corrected chi connectivity index (χ4v) is 3.18. The standard InChI is InChI=1S/C22H22F2N2O2/c1-4-19(27)22-15(3)6-5-7-18-17(22)12-26(25-18)11-16-9-8-14(2)20(10-16)28-13-21(23)24/h5,7,10,12,21H,4,6,11,13H2,1-3H3. The summed E-state index contributed by atoms with van der Waals surface area (Å²) in [5.41, 5.74) is 4.66. The third-order valence-electron chi connectivity index (χ3n) is 4.57. The van der Waals surface area contributed by atoms with Crippen molar-refractivity contribution < 1.29 is 18.3 Å². The van der Waals surface area contributed by atoms with Gasteiger partial charge in [-0.25, -0.2) is 8.78 Å². The molecule has 0 fully saturated rings. The first-order valence-electron chi connectivity index (χ1n) is 9.20. The fourth-order valence-electron chi connectivity index (χ4n) is 3.18. The van der Waals surface area contributed by atoms with Crippen LogP contribution in [0.2, 0.25) is 0 Å². The summed E-state index contributed by atoms with van der Waals surface area (Å²) < 4.78 is 31.7. The SMILES string of the molecule is CCC(=O)C1=C(C)CC=Cc2nn(Cc3c#cc(C)c(OCC(F)F)c3)cc21. The van der Waals surface area contributed by atoms with Crippen LogP contribution in [0, 0.1) is 19.1 Å². The number of ether oxygens (including phenoxy) is 1. The minimum absolute atomic E-state index is 0.0971. The Morgan fingerprint density at radius 3 is 2.86 bits per heavy atom. The second-order valence-corrected chi connectivity index (χ2v) is 6.78. The van der Waals surface area contributed by atoms with E-state index in [1.807, 2.05) is 32.2 Å². The third-order valence-corrected chi connectivity index (χ3v) is 4.57. The molecular formula is C22H22F2N2O2. The number of allylic oxidation sites excluding steroid dienone is 3. The number of fused-ring (bicyclic) bond motifs is 1. The van der Waals surface area contributed by atoms with Gasteiger partial charge in [0.25, 0.3) is 6.43 Å². The van der Waals surface area contributed by atoms with Gasteiger partial charge in [0.2, 0.25) is 0 Å². The Balaban J connectivity index is 1.89. The Morgan fingerprint density at radius 1 is 1.36 bits per heavy atom. The van der Waals surface area contributed by atoms with E-state index < -0.39 is 13.0 Å². The number of rotatable bonds is 7. The van der Waals surface area contributed by atoms with Gasteiger partial charge in [-0.1, -0.05) is 30.7 Å². The zero-order valence-electron chi connectivity index (χ0n) is 16.2. The highest BCUT2D eigenvalue weighted by Gasteiger charge is 2.21. The van der Waals surface area contributed by atoms with E-state index in [4.69, 9.17) is 4.74 Å². The lowest BCUT2D eigenvalue weighted by Crippen LogP contribution is -2.08. The van der Waals surface area contributed by atoms with Gasteiger partial charge in [0.1, 0.15) is 12.4 Å². The van der Waals surface area contributed by atoms with Crippen LogP contribution in [-0.4, -0.2) is 28.6 Å². The van der Waals surface area contributed by atoms with Gasteiger partial charge in [-0.05, 0) is 32.4 Å². The van der Waals surface area contributed by atoms with Gasteiger partial charge in [0.05, 0.1) is 12.2 Å². The number of ketones is 1. The highest BCUT2D eigenvalue weighted by Crippen LogP contribution is 2.30. The highest BCUT2D eigenvalue weighted by atomic mass is 19.3. The largest absolute Gasteiger partial charge is 0.487 e. The Labute approximate surface area is 163 Å². The van der Waals surface area contributed by atoms with E-state index >= 15 is 0 Å². The lowest BCUT2D eigenvalue weighted by atomic mass is 9.96. The number of hydrogen-bond donors (Lipinski definition) is 0. The summed E-state index contributed by atoms with van der Waals surface area (Å²) >= 11 is 0. The molecule has 0 saturated carbocycles. The van der Waals surface area contributed by atoms with E-state index in [0.29, 0.717) is 29.8 Å². The predicted octanol–water partition coefficient (Wildman–Crippen LogP) is 4.65. The summed E-state index contributed by atoms with van der Waals surface area (Å²) in [5.74, 6) is 0.458. The smallest absolute Gasteiger partial charge is 0.272 e. The van der Waals surface area contributed by atoms with Crippen LogP contribution in [0.5, 0.6) is 5.75 Å². The van der Waals surface area contributed by atoms with Crippen molar-refractivity contribution in [1.82, 2.24) is 9.78 Å². The van der Waals surface area contributed by atoms with Crippen LogP contribution >= 0.6 is 0 Å². The number of alkyl halides is 2. The molecule has 1 aliphatic rings. The van der Waals surface area contributed by atoms with E-state index in [0.717, 1.165) is 28.8 Å². The molecule has 1 aliphatic carbocycles. The highest BCUT2D eigenvalue weighted by molar-refractivity contribution is 6.22. The molecule has 1 aromatic heterocycles. The molecule has 0 aliphatic heterocycles. The average molecular weight is 384 g/mol. The van der Waals surface area contributed by atoms with E-state index in [1.54, 1.807) is 17.7 Å². The maximum atomic E-state index is 12.5. The van der Waals surface area contributed by atoms with E-state index in [-0.39, 0.29) is 5.78 Å². The quantitative estimate of drug-likeness (QED) is 0.698. The first-order chi connectivity index (χ1) is 13.4. The Kier molecular flexibility index (Phi) is 5.93.